The topological polar surface area (TPSA) is 95.0 Å². The molecule has 2 heterocycles. The van der Waals surface area contributed by atoms with E-state index in [0.717, 1.165) is 25.0 Å². The number of carbonyl (C=O) groups is 2. The van der Waals surface area contributed by atoms with Gasteiger partial charge in [-0.15, -0.1) is 0 Å². The summed E-state index contributed by atoms with van der Waals surface area (Å²) >= 11 is 6.24. The Morgan fingerprint density at radius 2 is 1.90 bits per heavy atom. The SMILES string of the molecule is COc1cccc(C(O)(C(=O)NC(C)CCC2CCN(c3ccc(C(=O)N(C)C)c(Cl)n3)CC2)C(F)(F)F)c1. The number of pyridine rings is 1. The second-order valence-corrected chi connectivity index (χ2v) is 10.4. The van der Waals surface area contributed by atoms with Crippen LogP contribution in [0, 0.1) is 5.92 Å². The molecule has 0 radical (unpaired) electrons. The Hall–Kier alpha value is -3.05. The molecule has 8 nitrogen and oxygen atoms in total. The molecule has 39 heavy (non-hydrogen) atoms. The zero-order valence-electron chi connectivity index (χ0n) is 22.4. The normalized spacial score (nSPS) is 16.8. The van der Waals surface area contributed by atoms with Crippen molar-refractivity contribution in [1.29, 1.82) is 0 Å². The molecule has 1 aliphatic rings. The van der Waals surface area contributed by atoms with Crippen molar-refractivity contribution in [2.24, 2.45) is 5.92 Å². The standard InChI is InChI=1S/C27H34ClF3N4O4/c1-17(32-25(37)26(38,27(29,30)31)19-6-5-7-20(16-19)39-4)8-9-18-12-14-35(15-13-18)22-11-10-21(23(28)33-22)24(36)34(2)3/h5-7,10-11,16-18,38H,8-9,12-15H2,1-4H3,(H,32,37). The Morgan fingerprint density at radius 3 is 2.46 bits per heavy atom. The average molecular weight is 571 g/mol. The van der Waals surface area contributed by atoms with Crippen LogP contribution in [0.1, 0.15) is 48.5 Å². The fourth-order valence-corrected chi connectivity index (χ4v) is 4.84. The van der Waals surface area contributed by atoms with Gasteiger partial charge in [0.15, 0.2) is 0 Å². The highest BCUT2D eigenvalue weighted by molar-refractivity contribution is 6.32. The number of alkyl halides is 3. The third kappa shape index (κ3) is 6.94. The van der Waals surface area contributed by atoms with Gasteiger partial charge in [-0.2, -0.15) is 13.2 Å². The smallest absolute Gasteiger partial charge is 0.430 e. The number of benzene rings is 1. The number of piperidine rings is 1. The first-order valence-electron chi connectivity index (χ1n) is 12.7. The third-order valence-corrected chi connectivity index (χ3v) is 7.31. The summed E-state index contributed by atoms with van der Waals surface area (Å²) in [5.41, 5.74) is -3.98. The van der Waals surface area contributed by atoms with Crippen LogP contribution in [0.4, 0.5) is 19.0 Å². The van der Waals surface area contributed by atoms with Gasteiger partial charge in [0.1, 0.15) is 16.7 Å². The molecule has 1 aromatic heterocycles. The lowest BCUT2D eigenvalue weighted by Crippen LogP contribution is -2.56. The lowest BCUT2D eigenvalue weighted by molar-refractivity contribution is -0.257. The lowest BCUT2D eigenvalue weighted by atomic mass is 9.89. The van der Waals surface area contributed by atoms with Gasteiger partial charge in [-0.1, -0.05) is 23.7 Å². The van der Waals surface area contributed by atoms with Crippen LogP contribution in [0.2, 0.25) is 5.15 Å². The summed E-state index contributed by atoms with van der Waals surface area (Å²) < 4.78 is 46.7. The van der Waals surface area contributed by atoms with Crippen molar-refractivity contribution in [3.05, 3.63) is 52.7 Å². The van der Waals surface area contributed by atoms with Crippen LogP contribution in [-0.2, 0) is 10.4 Å². The number of ether oxygens (including phenoxy) is 1. The molecule has 1 aliphatic heterocycles. The first-order valence-corrected chi connectivity index (χ1v) is 13.0. The number of rotatable bonds is 9. The van der Waals surface area contributed by atoms with Crippen LogP contribution < -0.4 is 15.0 Å². The molecule has 1 fully saturated rings. The first kappa shape index (κ1) is 30.5. The van der Waals surface area contributed by atoms with Crippen molar-refractivity contribution in [2.75, 3.05) is 39.2 Å². The molecular weight excluding hydrogens is 537 g/mol. The number of hydrogen-bond acceptors (Lipinski definition) is 6. The molecule has 2 atom stereocenters. The molecule has 2 N–H and O–H groups in total. The highest BCUT2D eigenvalue weighted by atomic mass is 35.5. The molecule has 0 bridgehead atoms. The Kier molecular flexibility index (Phi) is 9.71. The van der Waals surface area contributed by atoms with Crippen LogP contribution >= 0.6 is 11.6 Å². The van der Waals surface area contributed by atoms with Gasteiger partial charge in [0.25, 0.3) is 17.4 Å². The number of methoxy groups -OCH3 is 1. The minimum Gasteiger partial charge on any atom is -0.497 e. The van der Waals surface area contributed by atoms with E-state index >= 15 is 0 Å². The van der Waals surface area contributed by atoms with E-state index in [1.54, 1.807) is 33.2 Å². The summed E-state index contributed by atoms with van der Waals surface area (Å²) in [4.78, 5) is 32.8. The summed E-state index contributed by atoms with van der Waals surface area (Å²) in [7, 11) is 4.57. The maximum Gasteiger partial charge on any atom is 0.430 e. The van der Waals surface area contributed by atoms with E-state index in [1.165, 1.54) is 24.1 Å². The Labute approximate surface area is 231 Å². The predicted octanol–water partition coefficient (Wildman–Crippen LogP) is 4.40. The van der Waals surface area contributed by atoms with E-state index in [1.807, 2.05) is 0 Å². The summed E-state index contributed by atoms with van der Waals surface area (Å²) in [6.45, 7) is 3.04. The highest BCUT2D eigenvalue weighted by Crippen LogP contribution is 2.40. The molecule has 2 aromatic rings. The Balaban J connectivity index is 1.55. The highest BCUT2D eigenvalue weighted by Gasteiger charge is 2.61. The van der Waals surface area contributed by atoms with Crippen LogP contribution in [0.3, 0.4) is 0 Å². The number of halogens is 4. The van der Waals surface area contributed by atoms with Crippen molar-refractivity contribution >= 4 is 29.2 Å². The second kappa shape index (κ2) is 12.4. The second-order valence-electron chi connectivity index (χ2n) is 10.0. The fourth-order valence-electron chi connectivity index (χ4n) is 4.61. The summed E-state index contributed by atoms with van der Waals surface area (Å²) in [5, 5.41) is 13.1. The van der Waals surface area contributed by atoms with Gasteiger partial charge in [-0.3, -0.25) is 9.59 Å². The molecule has 0 spiro atoms. The molecule has 12 heteroatoms. The van der Waals surface area contributed by atoms with Crippen LogP contribution in [0.5, 0.6) is 5.75 Å². The molecule has 3 rings (SSSR count). The molecule has 1 saturated heterocycles. The van der Waals surface area contributed by atoms with Crippen molar-refractivity contribution in [1.82, 2.24) is 15.2 Å². The van der Waals surface area contributed by atoms with Gasteiger partial charge in [-0.05, 0) is 62.8 Å². The largest absolute Gasteiger partial charge is 0.497 e. The van der Waals surface area contributed by atoms with E-state index in [-0.39, 0.29) is 16.8 Å². The number of amides is 2. The number of carbonyl (C=O) groups excluding carboxylic acids is 2. The molecular formula is C27H34ClF3N4O4. The van der Waals surface area contributed by atoms with Crippen LogP contribution in [-0.4, -0.2) is 73.3 Å². The minimum atomic E-state index is -5.23. The van der Waals surface area contributed by atoms with E-state index in [0.29, 0.717) is 43.2 Å². The maximum absolute atomic E-state index is 13.9. The van der Waals surface area contributed by atoms with E-state index < -0.39 is 29.3 Å². The quantitative estimate of drug-likeness (QED) is 0.434. The number of nitrogens with zero attached hydrogens (tertiary/aromatic N) is 3. The van der Waals surface area contributed by atoms with Crippen molar-refractivity contribution < 1.29 is 32.6 Å². The van der Waals surface area contributed by atoms with Gasteiger partial charge >= 0.3 is 6.18 Å². The number of aliphatic hydroxyl groups is 1. The molecule has 0 aliphatic carbocycles. The Morgan fingerprint density at radius 1 is 1.23 bits per heavy atom. The number of hydrogen-bond donors (Lipinski definition) is 2. The van der Waals surface area contributed by atoms with Crippen molar-refractivity contribution in [3.8, 4) is 5.75 Å². The van der Waals surface area contributed by atoms with E-state index in [4.69, 9.17) is 16.3 Å². The molecule has 214 valence electrons. The Bertz CT molecular complexity index is 1170. The molecule has 0 saturated carbocycles. The number of nitrogens with one attached hydrogen (secondary N) is 1. The molecule has 2 unspecified atom stereocenters. The first-order chi connectivity index (χ1) is 18.3. The summed E-state index contributed by atoms with van der Waals surface area (Å²) in [6, 6.07) is 7.61. The number of anilines is 1. The van der Waals surface area contributed by atoms with Crippen molar-refractivity contribution in [3.63, 3.8) is 0 Å². The fraction of sp³-hybridized carbons (Fsp3) is 0.519. The maximum atomic E-state index is 13.9. The predicted molar refractivity (Wildman–Crippen MR) is 142 cm³/mol. The number of aromatic nitrogens is 1. The zero-order chi connectivity index (χ0) is 29.0. The monoisotopic (exact) mass is 570 g/mol. The molecule has 1 aromatic carbocycles. The van der Waals surface area contributed by atoms with E-state index in [9.17, 15) is 27.9 Å². The summed E-state index contributed by atoms with van der Waals surface area (Å²) in [5.74, 6) is -0.664. The molecule has 2 amide bonds. The zero-order valence-corrected chi connectivity index (χ0v) is 23.1. The minimum absolute atomic E-state index is 0.0952. The van der Waals surface area contributed by atoms with Gasteiger partial charge in [0.2, 0.25) is 0 Å². The summed E-state index contributed by atoms with van der Waals surface area (Å²) in [6.07, 6.45) is -2.43. The average Bonchev–Trinajstić information content (AvgIpc) is 2.90. The van der Waals surface area contributed by atoms with Gasteiger partial charge < -0.3 is 25.0 Å². The van der Waals surface area contributed by atoms with Gasteiger partial charge in [0, 0.05) is 38.8 Å². The van der Waals surface area contributed by atoms with E-state index in [2.05, 4.69) is 15.2 Å². The van der Waals surface area contributed by atoms with Crippen LogP contribution in [0.25, 0.3) is 0 Å². The van der Waals surface area contributed by atoms with Gasteiger partial charge in [-0.25, -0.2) is 4.98 Å². The van der Waals surface area contributed by atoms with Crippen molar-refractivity contribution in [2.45, 2.75) is 50.4 Å². The van der Waals surface area contributed by atoms with Gasteiger partial charge in [0.05, 0.1) is 12.7 Å². The lowest BCUT2D eigenvalue weighted by Gasteiger charge is -2.34. The van der Waals surface area contributed by atoms with Crippen LogP contribution in [0.15, 0.2) is 36.4 Å². The third-order valence-electron chi connectivity index (χ3n) is 7.02.